The van der Waals surface area contributed by atoms with Crippen LogP contribution in [0.2, 0.25) is 0 Å². The Morgan fingerprint density at radius 2 is 2.40 bits per heavy atom. The van der Waals surface area contributed by atoms with Gasteiger partial charge in [0, 0.05) is 18.4 Å². The van der Waals surface area contributed by atoms with E-state index in [9.17, 15) is 4.39 Å². The molecule has 2 nitrogen and oxygen atoms in total. The van der Waals surface area contributed by atoms with Crippen molar-refractivity contribution in [1.29, 1.82) is 0 Å². The maximum absolute atomic E-state index is 14.4. The van der Waals surface area contributed by atoms with Crippen molar-refractivity contribution in [2.45, 2.75) is 24.9 Å². The van der Waals surface area contributed by atoms with Gasteiger partial charge in [-0.15, -0.1) is 11.3 Å². The van der Waals surface area contributed by atoms with E-state index in [0.717, 1.165) is 4.88 Å². The molecule has 1 heterocycles. The first-order valence-electron chi connectivity index (χ1n) is 5.10. The Morgan fingerprint density at radius 3 is 2.93 bits per heavy atom. The third-order valence-electron chi connectivity index (χ3n) is 2.30. The van der Waals surface area contributed by atoms with Gasteiger partial charge in [0.1, 0.15) is 5.67 Å². The highest BCUT2D eigenvalue weighted by Gasteiger charge is 2.29. The molecule has 1 unspecified atom stereocenters. The van der Waals surface area contributed by atoms with Gasteiger partial charge in [0.2, 0.25) is 0 Å². The smallest absolute Gasteiger partial charge is 0.139 e. The van der Waals surface area contributed by atoms with Gasteiger partial charge in [0.25, 0.3) is 0 Å². The topological polar surface area (TPSA) is 35.2 Å². The summed E-state index contributed by atoms with van der Waals surface area (Å²) in [5.41, 5.74) is 4.14. The second kappa shape index (κ2) is 6.20. The van der Waals surface area contributed by atoms with Crippen LogP contribution in [0.3, 0.4) is 0 Å². The van der Waals surface area contributed by atoms with E-state index in [0.29, 0.717) is 25.8 Å². The third-order valence-corrected chi connectivity index (χ3v) is 3.18. The number of hydrogen-bond acceptors (Lipinski definition) is 3. The highest BCUT2D eigenvalue weighted by molar-refractivity contribution is 7.09. The summed E-state index contributed by atoms with van der Waals surface area (Å²) in [6.07, 6.45) is 1.60. The SMILES string of the molecule is COCC(F)(CCCN)Cc1cccs1. The minimum Gasteiger partial charge on any atom is -0.381 e. The standard InChI is InChI=1S/C11H18FNOS/c1-14-9-11(12,5-3-6-13)8-10-4-2-7-15-10/h2,4,7H,3,5-6,8-9,13H2,1H3. The van der Waals surface area contributed by atoms with E-state index in [-0.39, 0.29) is 6.61 Å². The Bertz CT molecular complexity index is 266. The Morgan fingerprint density at radius 1 is 1.60 bits per heavy atom. The molecule has 15 heavy (non-hydrogen) atoms. The first kappa shape index (κ1) is 12.6. The van der Waals surface area contributed by atoms with Crippen LogP contribution in [0, 0.1) is 0 Å². The zero-order chi connectivity index (χ0) is 11.1. The average molecular weight is 231 g/mol. The molecule has 1 atom stereocenters. The van der Waals surface area contributed by atoms with Crippen molar-refractivity contribution >= 4 is 11.3 Å². The van der Waals surface area contributed by atoms with Gasteiger partial charge in [0.15, 0.2) is 0 Å². The number of hydrogen-bond donors (Lipinski definition) is 1. The van der Waals surface area contributed by atoms with E-state index >= 15 is 0 Å². The average Bonchev–Trinajstić information content (AvgIpc) is 2.68. The van der Waals surface area contributed by atoms with Crippen LogP contribution in [-0.2, 0) is 11.2 Å². The molecule has 0 spiro atoms. The minimum absolute atomic E-state index is 0.144. The summed E-state index contributed by atoms with van der Waals surface area (Å²) >= 11 is 1.58. The van der Waals surface area contributed by atoms with Crippen LogP contribution in [0.1, 0.15) is 17.7 Å². The highest BCUT2D eigenvalue weighted by atomic mass is 32.1. The molecule has 0 saturated carbocycles. The van der Waals surface area contributed by atoms with Crippen molar-refractivity contribution in [3.05, 3.63) is 22.4 Å². The van der Waals surface area contributed by atoms with Crippen molar-refractivity contribution in [3.8, 4) is 0 Å². The zero-order valence-corrected chi connectivity index (χ0v) is 9.86. The van der Waals surface area contributed by atoms with Gasteiger partial charge in [-0.2, -0.15) is 0 Å². The molecular weight excluding hydrogens is 213 g/mol. The van der Waals surface area contributed by atoms with Gasteiger partial charge < -0.3 is 10.5 Å². The summed E-state index contributed by atoms with van der Waals surface area (Å²) < 4.78 is 19.3. The molecule has 0 radical (unpaired) electrons. The number of nitrogens with two attached hydrogens (primary N) is 1. The van der Waals surface area contributed by atoms with Gasteiger partial charge in [-0.05, 0) is 30.8 Å². The van der Waals surface area contributed by atoms with E-state index in [4.69, 9.17) is 10.5 Å². The second-order valence-corrected chi connectivity index (χ2v) is 4.76. The predicted molar refractivity (Wildman–Crippen MR) is 62.0 cm³/mol. The lowest BCUT2D eigenvalue weighted by molar-refractivity contribution is 0.0340. The lowest BCUT2D eigenvalue weighted by Gasteiger charge is -2.23. The molecule has 0 aliphatic carbocycles. The minimum atomic E-state index is -1.26. The monoisotopic (exact) mass is 231 g/mol. The van der Waals surface area contributed by atoms with Gasteiger partial charge >= 0.3 is 0 Å². The summed E-state index contributed by atoms with van der Waals surface area (Å²) in [6, 6.07) is 3.90. The normalized spacial score (nSPS) is 15.1. The zero-order valence-electron chi connectivity index (χ0n) is 9.04. The molecular formula is C11H18FNOS. The summed E-state index contributed by atoms with van der Waals surface area (Å²) in [6.45, 7) is 0.671. The number of alkyl halides is 1. The molecule has 86 valence electrons. The summed E-state index contributed by atoms with van der Waals surface area (Å²) in [5, 5.41) is 1.96. The summed E-state index contributed by atoms with van der Waals surface area (Å²) in [4.78, 5) is 1.06. The maximum Gasteiger partial charge on any atom is 0.139 e. The van der Waals surface area contributed by atoms with Crippen LogP contribution in [-0.4, -0.2) is 25.9 Å². The molecule has 0 amide bonds. The first-order valence-corrected chi connectivity index (χ1v) is 5.98. The molecule has 1 rings (SSSR count). The molecule has 0 aromatic carbocycles. The van der Waals surface area contributed by atoms with Crippen LogP contribution in [0.25, 0.3) is 0 Å². The Kier molecular flexibility index (Phi) is 5.22. The predicted octanol–water partition coefficient (Wildman–Crippen LogP) is 2.38. The maximum atomic E-state index is 14.4. The van der Waals surface area contributed by atoms with E-state index < -0.39 is 5.67 Å². The summed E-state index contributed by atoms with van der Waals surface area (Å²) in [7, 11) is 1.53. The van der Waals surface area contributed by atoms with Gasteiger partial charge in [-0.25, -0.2) is 4.39 Å². The van der Waals surface area contributed by atoms with Gasteiger partial charge in [-0.1, -0.05) is 6.07 Å². The lowest BCUT2D eigenvalue weighted by Crippen LogP contribution is -2.32. The van der Waals surface area contributed by atoms with Crippen LogP contribution in [0.4, 0.5) is 4.39 Å². The van der Waals surface area contributed by atoms with E-state index in [2.05, 4.69) is 0 Å². The highest BCUT2D eigenvalue weighted by Crippen LogP contribution is 2.26. The van der Waals surface area contributed by atoms with Crippen LogP contribution in [0.5, 0.6) is 0 Å². The molecule has 0 aliphatic rings. The quantitative estimate of drug-likeness (QED) is 0.782. The second-order valence-electron chi connectivity index (χ2n) is 3.73. The van der Waals surface area contributed by atoms with E-state index in [1.54, 1.807) is 11.3 Å². The number of ether oxygens (including phenoxy) is 1. The van der Waals surface area contributed by atoms with Gasteiger partial charge in [-0.3, -0.25) is 0 Å². The van der Waals surface area contributed by atoms with Crippen molar-refractivity contribution < 1.29 is 9.13 Å². The van der Waals surface area contributed by atoms with Crippen LogP contribution in [0.15, 0.2) is 17.5 Å². The molecule has 0 aliphatic heterocycles. The molecule has 1 aromatic rings. The van der Waals surface area contributed by atoms with Crippen LogP contribution >= 0.6 is 11.3 Å². The Balaban J connectivity index is 2.55. The lowest BCUT2D eigenvalue weighted by atomic mass is 9.96. The number of rotatable bonds is 7. The van der Waals surface area contributed by atoms with E-state index in [1.165, 1.54) is 7.11 Å². The van der Waals surface area contributed by atoms with Crippen LogP contribution < -0.4 is 5.73 Å². The Hall–Kier alpha value is -0.450. The molecule has 0 fully saturated rings. The van der Waals surface area contributed by atoms with Crippen molar-refractivity contribution in [2.24, 2.45) is 5.73 Å². The molecule has 4 heteroatoms. The van der Waals surface area contributed by atoms with Gasteiger partial charge in [0.05, 0.1) is 6.61 Å². The molecule has 2 N–H and O–H groups in total. The fourth-order valence-electron chi connectivity index (χ4n) is 1.61. The fourth-order valence-corrected chi connectivity index (χ4v) is 2.45. The number of thiophene rings is 1. The van der Waals surface area contributed by atoms with Crippen molar-refractivity contribution in [3.63, 3.8) is 0 Å². The number of methoxy groups -OCH3 is 1. The first-order chi connectivity index (χ1) is 7.20. The summed E-state index contributed by atoms with van der Waals surface area (Å²) in [5.74, 6) is 0. The number of halogens is 1. The fraction of sp³-hybridized carbons (Fsp3) is 0.636. The largest absolute Gasteiger partial charge is 0.381 e. The molecule has 0 saturated heterocycles. The third kappa shape index (κ3) is 4.28. The Labute approximate surface area is 94.2 Å². The van der Waals surface area contributed by atoms with Crippen molar-refractivity contribution in [1.82, 2.24) is 0 Å². The molecule has 1 aromatic heterocycles. The van der Waals surface area contributed by atoms with E-state index in [1.807, 2.05) is 17.5 Å². The van der Waals surface area contributed by atoms with Crippen molar-refractivity contribution in [2.75, 3.05) is 20.3 Å². The molecule has 0 bridgehead atoms.